The van der Waals surface area contributed by atoms with Crippen LogP contribution >= 0.6 is 0 Å². The highest BCUT2D eigenvalue weighted by Gasteiger charge is 2.44. The van der Waals surface area contributed by atoms with Gasteiger partial charge in [-0.05, 0) is 12.8 Å². The van der Waals surface area contributed by atoms with E-state index in [9.17, 15) is 35.4 Å². The third kappa shape index (κ3) is 31.9. The SMILES string of the molecule is CCCCCCCCCCCCCCCCCCCCCCCCCC(O)C(=O)NC(COC1OC(CO)C(O)C(O)C1O)C(O)CCCCCCCCCCCCCCCC. The Morgan fingerprint density at radius 3 is 1.15 bits per heavy atom. The van der Waals surface area contributed by atoms with E-state index in [2.05, 4.69) is 19.2 Å². The van der Waals surface area contributed by atoms with Crippen LogP contribution in [-0.2, 0) is 14.3 Å². The van der Waals surface area contributed by atoms with Gasteiger partial charge in [0.15, 0.2) is 6.29 Å². The molecule has 8 unspecified atom stereocenters. The molecule has 0 aromatic rings. The maximum atomic E-state index is 13.1. The highest BCUT2D eigenvalue weighted by molar-refractivity contribution is 5.80. The molecule has 1 heterocycles. The van der Waals surface area contributed by atoms with Crippen molar-refractivity contribution in [1.29, 1.82) is 0 Å². The monoisotopic (exact) mass is 886 g/mol. The van der Waals surface area contributed by atoms with E-state index in [1.54, 1.807) is 0 Å². The molecular formula is C52H103NO9. The number of aliphatic hydroxyl groups excluding tert-OH is 6. The van der Waals surface area contributed by atoms with Crippen LogP contribution in [0.1, 0.15) is 264 Å². The van der Waals surface area contributed by atoms with Crippen LogP contribution in [0.3, 0.4) is 0 Å². The number of unbranched alkanes of at least 4 members (excludes halogenated alkanes) is 35. The van der Waals surface area contributed by atoms with Crippen molar-refractivity contribution in [3.8, 4) is 0 Å². The molecular weight excluding hydrogens is 783 g/mol. The highest BCUT2D eigenvalue weighted by Crippen LogP contribution is 2.23. The van der Waals surface area contributed by atoms with E-state index in [0.717, 1.165) is 38.5 Å². The summed E-state index contributed by atoms with van der Waals surface area (Å²) in [5.41, 5.74) is 0. The van der Waals surface area contributed by atoms with E-state index in [1.807, 2.05) is 0 Å². The Balaban J connectivity index is 2.25. The van der Waals surface area contributed by atoms with Crippen LogP contribution in [0.15, 0.2) is 0 Å². The van der Waals surface area contributed by atoms with Crippen molar-refractivity contribution in [2.24, 2.45) is 0 Å². The summed E-state index contributed by atoms with van der Waals surface area (Å²) in [6.45, 7) is 3.70. The van der Waals surface area contributed by atoms with Crippen molar-refractivity contribution in [1.82, 2.24) is 5.32 Å². The van der Waals surface area contributed by atoms with Crippen LogP contribution in [0.25, 0.3) is 0 Å². The lowest BCUT2D eigenvalue weighted by molar-refractivity contribution is -0.302. The number of aliphatic hydroxyl groups is 6. The largest absolute Gasteiger partial charge is 0.394 e. The highest BCUT2D eigenvalue weighted by atomic mass is 16.7. The molecule has 0 saturated carbocycles. The number of hydrogen-bond donors (Lipinski definition) is 7. The first-order valence-corrected chi connectivity index (χ1v) is 26.8. The minimum Gasteiger partial charge on any atom is -0.394 e. The summed E-state index contributed by atoms with van der Waals surface area (Å²) in [5, 5.41) is 65.0. The standard InChI is InChI=1S/C52H103NO9/c1-3-5-7-9-11-13-15-17-19-20-21-22-23-24-25-26-27-29-31-33-35-37-39-41-46(56)51(60)53-44(43-61-52-50(59)49(58)48(57)47(42-54)62-52)45(55)40-38-36-34-32-30-28-18-16-14-12-10-8-6-4-2/h44-50,52,54-59H,3-43H2,1-2H3,(H,53,60). The molecule has 1 rings (SSSR count). The quantitative estimate of drug-likeness (QED) is 0.0294. The zero-order valence-electron chi connectivity index (χ0n) is 40.5. The fraction of sp³-hybridized carbons (Fsp3) is 0.981. The van der Waals surface area contributed by atoms with Crippen molar-refractivity contribution in [2.75, 3.05) is 13.2 Å². The zero-order valence-corrected chi connectivity index (χ0v) is 40.5. The Kier molecular flexibility index (Phi) is 40.8. The lowest BCUT2D eigenvalue weighted by Gasteiger charge is -2.40. The van der Waals surface area contributed by atoms with Crippen molar-refractivity contribution in [3.05, 3.63) is 0 Å². The summed E-state index contributed by atoms with van der Waals surface area (Å²) in [4.78, 5) is 13.1. The van der Waals surface area contributed by atoms with Crippen LogP contribution in [0.2, 0.25) is 0 Å². The molecule has 0 spiro atoms. The number of hydrogen-bond acceptors (Lipinski definition) is 9. The van der Waals surface area contributed by atoms with E-state index < -0.39 is 61.5 Å². The summed E-state index contributed by atoms with van der Waals surface area (Å²) in [6, 6.07) is -0.888. The predicted octanol–water partition coefficient (Wildman–Crippen LogP) is 11.3. The molecule has 0 aromatic heterocycles. The van der Waals surface area contributed by atoms with Gasteiger partial charge in [0.25, 0.3) is 0 Å². The first-order valence-electron chi connectivity index (χ1n) is 26.8. The van der Waals surface area contributed by atoms with Gasteiger partial charge in [0.05, 0.1) is 25.4 Å². The van der Waals surface area contributed by atoms with Gasteiger partial charge in [-0.3, -0.25) is 4.79 Å². The van der Waals surface area contributed by atoms with E-state index in [0.29, 0.717) is 12.8 Å². The molecule has 1 aliphatic rings. The molecule has 0 radical (unpaired) electrons. The molecule has 0 bridgehead atoms. The van der Waals surface area contributed by atoms with Gasteiger partial charge < -0.3 is 45.4 Å². The fourth-order valence-corrected chi connectivity index (χ4v) is 8.93. The van der Waals surface area contributed by atoms with E-state index in [-0.39, 0.29) is 6.61 Å². The molecule has 1 saturated heterocycles. The van der Waals surface area contributed by atoms with Crippen LogP contribution in [0.5, 0.6) is 0 Å². The second-order valence-electron chi connectivity index (χ2n) is 19.2. The molecule has 1 fully saturated rings. The van der Waals surface area contributed by atoms with Gasteiger partial charge in [0.1, 0.15) is 30.5 Å². The molecule has 7 N–H and O–H groups in total. The number of ether oxygens (including phenoxy) is 2. The van der Waals surface area contributed by atoms with Crippen molar-refractivity contribution in [3.63, 3.8) is 0 Å². The molecule has 370 valence electrons. The molecule has 62 heavy (non-hydrogen) atoms. The fourth-order valence-electron chi connectivity index (χ4n) is 8.93. The predicted molar refractivity (Wildman–Crippen MR) is 255 cm³/mol. The minimum absolute atomic E-state index is 0.250. The van der Waals surface area contributed by atoms with Crippen molar-refractivity contribution >= 4 is 5.91 Å². The average Bonchev–Trinajstić information content (AvgIpc) is 3.27. The van der Waals surface area contributed by atoms with Gasteiger partial charge in [-0.1, -0.05) is 251 Å². The van der Waals surface area contributed by atoms with Crippen LogP contribution in [-0.4, -0.2) is 98.7 Å². The Morgan fingerprint density at radius 1 is 0.484 bits per heavy atom. The Labute approximate surface area is 381 Å². The van der Waals surface area contributed by atoms with Gasteiger partial charge >= 0.3 is 0 Å². The topological polar surface area (TPSA) is 169 Å². The summed E-state index contributed by atoms with van der Waals surface area (Å²) in [7, 11) is 0. The molecule has 10 nitrogen and oxygen atoms in total. The Hall–Kier alpha value is -0.850. The smallest absolute Gasteiger partial charge is 0.249 e. The van der Waals surface area contributed by atoms with Crippen LogP contribution in [0, 0.1) is 0 Å². The van der Waals surface area contributed by atoms with Crippen LogP contribution in [0.4, 0.5) is 0 Å². The summed E-state index contributed by atoms with van der Waals surface area (Å²) >= 11 is 0. The molecule has 0 aromatic carbocycles. The molecule has 1 aliphatic heterocycles. The van der Waals surface area contributed by atoms with E-state index in [1.165, 1.54) is 199 Å². The van der Waals surface area contributed by atoms with Gasteiger partial charge in [-0.15, -0.1) is 0 Å². The zero-order chi connectivity index (χ0) is 45.3. The third-order valence-corrected chi connectivity index (χ3v) is 13.3. The third-order valence-electron chi connectivity index (χ3n) is 13.3. The number of nitrogens with one attached hydrogen (secondary N) is 1. The number of carbonyl (C=O) groups excluding carboxylic acids is 1. The number of carbonyl (C=O) groups is 1. The lowest BCUT2D eigenvalue weighted by atomic mass is 9.99. The number of rotatable bonds is 46. The Morgan fingerprint density at radius 2 is 0.806 bits per heavy atom. The lowest BCUT2D eigenvalue weighted by Crippen LogP contribution is -2.60. The van der Waals surface area contributed by atoms with Crippen molar-refractivity contribution < 1.29 is 44.9 Å². The minimum atomic E-state index is -1.59. The van der Waals surface area contributed by atoms with E-state index in [4.69, 9.17) is 9.47 Å². The van der Waals surface area contributed by atoms with Gasteiger partial charge in [0.2, 0.25) is 5.91 Å². The maximum Gasteiger partial charge on any atom is 0.249 e. The van der Waals surface area contributed by atoms with Crippen molar-refractivity contribution in [2.45, 2.75) is 313 Å². The van der Waals surface area contributed by atoms with E-state index >= 15 is 0 Å². The Bertz CT molecular complexity index is 957. The molecule has 8 atom stereocenters. The first kappa shape index (κ1) is 59.2. The second kappa shape index (κ2) is 42.8. The normalized spacial score (nSPS) is 20.7. The summed E-state index contributed by atoms with van der Waals surface area (Å²) in [5.74, 6) is -0.578. The summed E-state index contributed by atoms with van der Waals surface area (Å²) in [6.07, 6.45) is 38.7. The van der Waals surface area contributed by atoms with Gasteiger partial charge in [-0.25, -0.2) is 0 Å². The first-order chi connectivity index (χ1) is 30.3. The molecule has 0 aliphatic carbocycles. The van der Waals surface area contributed by atoms with Gasteiger partial charge in [-0.2, -0.15) is 0 Å². The summed E-state index contributed by atoms with van der Waals surface area (Å²) < 4.78 is 11.2. The maximum absolute atomic E-state index is 13.1. The van der Waals surface area contributed by atoms with Gasteiger partial charge in [0, 0.05) is 0 Å². The molecule has 1 amide bonds. The average molecular weight is 886 g/mol. The number of amides is 1. The van der Waals surface area contributed by atoms with Crippen LogP contribution < -0.4 is 5.32 Å². The second-order valence-corrected chi connectivity index (χ2v) is 19.2. The molecule has 10 heteroatoms.